The standard InChI is InChI=1S/C21H19N3O/c25-20(14-13-17-8-3-1-4-9-17)23-24-21(18-10-5-2-6-11-18)19-12-7-15-22-16-19/h1-12,15-16H,13-14H2,(H,23,25)/b24-21+. The van der Waals surface area contributed by atoms with E-state index in [1.807, 2.05) is 72.8 Å². The van der Waals surface area contributed by atoms with Gasteiger partial charge in [0.05, 0.1) is 5.71 Å². The average Bonchev–Trinajstić information content (AvgIpc) is 2.69. The van der Waals surface area contributed by atoms with Crippen LogP contribution >= 0.6 is 0 Å². The summed E-state index contributed by atoms with van der Waals surface area (Å²) in [4.78, 5) is 16.3. The Morgan fingerprint density at radius 2 is 1.56 bits per heavy atom. The second-order valence-corrected chi connectivity index (χ2v) is 5.59. The van der Waals surface area contributed by atoms with E-state index >= 15 is 0 Å². The molecule has 3 aromatic rings. The number of aromatic nitrogens is 1. The smallest absolute Gasteiger partial charge is 0.240 e. The minimum absolute atomic E-state index is 0.110. The summed E-state index contributed by atoms with van der Waals surface area (Å²) >= 11 is 0. The van der Waals surface area contributed by atoms with Gasteiger partial charge in [0.1, 0.15) is 0 Å². The van der Waals surface area contributed by atoms with E-state index in [1.54, 1.807) is 12.4 Å². The molecular weight excluding hydrogens is 310 g/mol. The lowest BCUT2D eigenvalue weighted by Crippen LogP contribution is -2.21. The van der Waals surface area contributed by atoms with Crippen molar-refractivity contribution in [3.63, 3.8) is 0 Å². The molecule has 0 radical (unpaired) electrons. The highest BCUT2D eigenvalue weighted by Crippen LogP contribution is 2.09. The van der Waals surface area contributed by atoms with Gasteiger partial charge < -0.3 is 0 Å². The highest BCUT2D eigenvalue weighted by Gasteiger charge is 2.08. The molecule has 0 bridgehead atoms. The number of aryl methyl sites for hydroxylation is 1. The molecule has 0 saturated carbocycles. The fourth-order valence-corrected chi connectivity index (χ4v) is 2.47. The van der Waals surface area contributed by atoms with Gasteiger partial charge in [-0.05, 0) is 24.1 Å². The van der Waals surface area contributed by atoms with Gasteiger partial charge in [-0.25, -0.2) is 5.43 Å². The largest absolute Gasteiger partial charge is 0.273 e. The van der Waals surface area contributed by atoms with Gasteiger partial charge in [-0.1, -0.05) is 60.7 Å². The maximum Gasteiger partial charge on any atom is 0.240 e. The Bertz CT molecular complexity index is 789. The van der Waals surface area contributed by atoms with Crippen LogP contribution < -0.4 is 5.43 Å². The molecule has 1 N–H and O–H groups in total. The molecule has 1 amide bonds. The molecule has 3 rings (SSSR count). The number of nitrogens with zero attached hydrogens (tertiary/aromatic N) is 2. The van der Waals surface area contributed by atoms with Crippen molar-refractivity contribution in [1.82, 2.24) is 10.4 Å². The average molecular weight is 329 g/mol. The van der Waals surface area contributed by atoms with Crippen LogP contribution in [0.25, 0.3) is 0 Å². The van der Waals surface area contributed by atoms with Crippen LogP contribution in [0.15, 0.2) is 90.3 Å². The Balaban J connectivity index is 1.72. The lowest BCUT2D eigenvalue weighted by atomic mass is 10.0. The number of hydrogen-bond donors (Lipinski definition) is 1. The first-order chi connectivity index (χ1) is 12.3. The van der Waals surface area contributed by atoms with Gasteiger partial charge in [0.15, 0.2) is 0 Å². The van der Waals surface area contributed by atoms with E-state index in [1.165, 1.54) is 0 Å². The molecule has 0 aliphatic carbocycles. The Morgan fingerprint density at radius 3 is 2.24 bits per heavy atom. The lowest BCUT2D eigenvalue weighted by molar-refractivity contribution is -0.121. The maximum atomic E-state index is 12.1. The van der Waals surface area contributed by atoms with E-state index in [2.05, 4.69) is 15.5 Å². The topological polar surface area (TPSA) is 54.4 Å². The van der Waals surface area contributed by atoms with E-state index in [-0.39, 0.29) is 5.91 Å². The molecule has 0 spiro atoms. The third-order valence-electron chi connectivity index (χ3n) is 3.76. The molecule has 0 aliphatic heterocycles. The number of rotatable bonds is 6. The van der Waals surface area contributed by atoms with Gasteiger partial charge in [0.25, 0.3) is 0 Å². The first-order valence-electron chi connectivity index (χ1n) is 8.19. The number of hydrazone groups is 1. The summed E-state index contributed by atoms with van der Waals surface area (Å²) in [5.74, 6) is -0.110. The summed E-state index contributed by atoms with van der Waals surface area (Å²) in [6.45, 7) is 0. The van der Waals surface area contributed by atoms with E-state index < -0.39 is 0 Å². The van der Waals surface area contributed by atoms with Crippen LogP contribution in [-0.4, -0.2) is 16.6 Å². The molecule has 4 nitrogen and oxygen atoms in total. The molecule has 25 heavy (non-hydrogen) atoms. The third-order valence-corrected chi connectivity index (χ3v) is 3.76. The molecule has 4 heteroatoms. The Hall–Kier alpha value is -3.27. The predicted molar refractivity (Wildman–Crippen MR) is 99.2 cm³/mol. The normalized spacial score (nSPS) is 11.1. The number of pyridine rings is 1. The van der Waals surface area contributed by atoms with E-state index in [0.717, 1.165) is 16.7 Å². The van der Waals surface area contributed by atoms with Crippen LogP contribution in [0.5, 0.6) is 0 Å². The van der Waals surface area contributed by atoms with Crippen molar-refractivity contribution in [3.8, 4) is 0 Å². The summed E-state index contributed by atoms with van der Waals surface area (Å²) in [7, 11) is 0. The molecule has 0 fully saturated rings. The van der Waals surface area contributed by atoms with E-state index in [0.29, 0.717) is 18.6 Å². The van der Waals surface area contributed by atoms with Crippen LogP contribution in [0.1, 0.15) is 23.1 Å². The predicted octanol–water partition coefficient (Wildman–Crippen LogP) is 3.58. The minimum atomic E-state index is -0.110. The summed E-state index contributed by atoms with van der Waals surface area (Å²) in [6, 6.07) is 23.5. The van der Waals surface area contributed by atoms with Crippen molar-refractivity contribution in [2.75, 3.05) is 0 Å². The monoisotopic (exact) mass is 329 g/mol. The summed E-state index contributed by atoms with van der Waals surface area (Å²) < 4.78 is 0. The van der Waals surface area contributed by atoms with Gasteiger partial charge in [0.2, 0.25) is 5.91 Å². The van der Waals surface area contributed by atoms with E-state index in [4.69, 9.17) is 0 Å². The number of carbonyl (C=O) groups is 1. The van der Waals surface area contributed by atoms with Crippen molar-refractivity contribution >= 4 is 11.6 Å². The van der Waals surface area contributed by atoms with Gasteiger partial charge >= 0.3 is 0 Å². The quantitative estimate of drug-likeness (QED) is 0.555. The molecule has 1 aromatic heterocycles. The van der Waals surface area contributed by atoms with Gasteiger partial charge in [0, 0.05) is 29.9 Å². The zero-order chi connectivity index (χ0) is 17.3. The second-order valence-electron chi connectivity index (χ2n) is 5.59. The number of benzene rings is 2. The molecule has 0 saturated heterocycles. The Kier molecular flexibility index (Phi) is 5.67. The summed E-state index contributed by atoms with van der Waals surface area (Å²) in [5, 5.41) is 4.35. The zero-order valence-electron chi connectivity index (χ0n) is 13.8. The zero-order valence-corrected chi connectivity index (χ0v) is 13.8. The van der Waals surface area contributed by atoms with Crippen LogP contribution in [0.3, 0.4) is 0 Å². The van der Waals surface area contributed by atoms with Crippen LogP contribution in [-0.2, 0) is 11.2 Å². The fraction of sp³-hybridized carbons (Fsp3) is 0.0952. The molecule has 0 atom stereocenters. The minimum Gasteiger partial charge on any atom is -0.273 e. The van der Waals surface area contributed by atoms with Gasteiger partial charge in [-0.15, -0.1) is 0 Å². The number of nitrogens with one attached hydrogen (secondary N) is 1. The van der Waals surface area contributed by atoms with Crippen molar-refractivity contribution in [2.45, 2.75) is 12.8 Å². The molecule has 124 valence electrons. The second kappa shape index (κ2) is 8.55. The highest BCUT2D eigenvalue weighted by atomic mass is 16.2. The van der Waals surface area contributed by atoms with E-state index in [9.17, 15) is 4.79 Å². The van der Waals surface area contributed by atoms with Crippen molar-refractivity contribution in [2.24, 2.45) is 5.10 Å². The molecular formula is C21H19N3O. The number of carbonyl (C=O) groups excluding carboxylic acids is 1. The van der Waals surface area contributed by atoms with Crippen molar-refractivity contribution in [1.29, 1.82) is 0 Å². The first-order valence-corrected chi connectivity index (χ1v) is 8.19. The molecule has 0 aliphatic rings. The van der Waals surface area contributed by atoms with Gasteiger partial charge in [-0.3, -0.25) is 9.78 Å². The number of hydrogen-bond acceptors (Lipinski definition) is 3. The number of amides is 1. The third kappa shape index (κ3) is 4.85. The fourth-order valence-electron chi connectivity index (χ4n) is 2.47. The molecule has 0 unspecified atom stereocenters. The summed E-state index contributed by atoms with van der Waals surface area (Å²) in [6.07, 6.45) is 4.53. The Morgan fingerprint density at radius 1 is 0.880 bits per heavy atom. The highest BCUT2D eigenvalue weighted by molar-refractivity contribution is 6.12. The lowest BCUT2D eigenvalue weighted by Gasteiger charge is -2.07. The maximum absolute atomic E-state index is 12.1. The summed E-state index contributed by atoms with van der Waals surface area (Å²) in [5.41, 5.74) is 6.29. The van der Waals surface area contributed by atoms with Crippen molar-refractivity contribution in [3.05, 3.63) is 102 Å². The van der Waals surface area contributed by atoms with Crippen LogP contribution in [0.2, 0.25) is 0 Å². The van der Waals surface area contributed by atoms with Crippen LogP contribution in [0.4, 0.5) is 0 Å². The Labute approximate surface area is 147 Å². The first kappa shape index (κ1) is 16.6. The molecule has 2 aromatic carbocycles. The van der Waals surface area contributed by atoms with Crippen LogP contribution in [0, 0.1) is 0 Å². The molecule has 1 heterocycles. The van der Waals surface area contributed by atoms with Crippen molar-refractivity contribution < 1.29 is 4.79 Å². The SMILES string of the molecule is O=C(CCc1ccccc1)N/N=C(\c1ccccc1)c1cccnc1. The van der Waals surface area contributed by atoms with Gasteiger partial charge in [-0.2, -0.15) is 5.10 Å².